The van der Waals surface area contributed by atoms with Gasteiger partial charge in [-0.25, -0.2) is 0 Å². The van der Waals surface area contributed by atoms with E-state index in [-0.39, 0.29) is 5.91 Å². The van der Waals surface area contributed by atoms with E-state index in [1.54, 1.807) is 6.08 Å². The predicted octanol–water partition coefficient (Wildman–Crippen LogP) is 2.11. The van der Waals surface area contributed by atoms with E-state index in [0.29, 0.717) is 18.5 Å². The fourth-order valence-corrected chi connectivity index (χ4v) is 2.92. The van der Waals surface area contributed by atoms with Crippen LogP contribution in [0.25, 0.3) is 10.8 Å². The lowest BCUT2D eigenvalue weighted by atomic mass is 9.82. The molecule has 4 heteroatoms. The quantitative estimate of drug-likeness (QED) is 0.881. The molecule has 4 nitrogen and oxygen atoms in total. The number of carbonyl (C=O) groups is 2. The maximum Gasteiger partial charge on any atom is 0.228 e. The highest BCUT2D eigenvalue weighted by atomic mass is 16.4. The second-order valence-electron chi connectivity index (χ2n) is 5.49. The Bertz CT molecular complexity index is 746. The number of benzene rings is 2. The van der Waals surface area contributed by atoms with Crippen LogP contribution in [-0.2, 0) is 9.59 Å². The Morgan fingerprint density at radius 1 is 0.955 bits per heavy atom. The maximum atomic E-state index is 12.5. The lowest BCUT2D eigenvalue weighted by molar-refractivity contribution is -0.313. The van der Waals surface area contributed by atoms with E-state index in [1.165, 1.54) is 0 Å². The summed E-state index contributed by atoms with van der Waals surface area (Å²) in [6.45, 7) is 0. The summed E-state index contributed by atoms with van der Waals surface area (Å²) in [6.07, 6.45) is 4.42. The lowest BCUT2D eigenvalue weighted by Crippen LogP contribution is -2.41. The number of allylic oxidation sites excluding steroid dienone is 2. The summed E-state index contributed by atoms with van der Waals surface area (Å²) >= 11 is 0. The van der Waals surface area contributed by atoms with Crippen molar-refractivity contribution in [2.24, 2.45) is 11.8 Å². The van der Waals surface area contributed by atoms with E-state index in [1.807, 2.05) is 48.5 Å². The van der Waals surface area contributed by atoms with Gasteiger partial charge in [0.15, 0.2) is 0 Å². The summed E-state index contributed by atoms with van der Waals surface area (Å²) in [5.74, 6) is -2.79. The molecule has 1 N–H and O–H groups in total. The van der Waals surface area contributed by atoms with Gasteiger partial charge >= 0.3 is 0 Å². The highest BCUT2D eigenvalue weighted by Crippen LogP contribution is 2.28. The zero-order valence-electron chi connectivity index (χ0n) is 12.0. The fourth-order valence-electron chi connectivity index (χ4n) is 2.92. The number of amides is 1. The normalized spacial score (nSPS) is 20.7. The molecule has 0 spiro atoms. The number of carboxylic acid groups (broad SMARTS) is 1. The van der Waals surface area contributed by atoms with E-state index >= 15 is 0 Å². The number of hydrogen-bond donors (Lipinski definition) is 1. The summed E-state index contributed by atoms with van der Waals surface area (Å²) in [4.78, 5) is 23.7. The van der Waals surface area contributed by atoms with Gasteiger partial charge in [0.05, 0.1) is 5.92 Å². The Labute approximate surface area is 128 Å². The molecule has 2 atom stereocenters. The predicted molar refractivity (Wildman–Crippen MR) is 82.9 cm³/mol. The number of hydrogen-bond acceptors (Lipinski definition) is 3. The summed E-state index contributed by atoms with van der Waals surface area (Å²) < 4.78 is 0. The van der Waals surface area contributed by atoms with Crippen LogP contribution in [0.4, 0.5) is 5.69 Å². The zero-order valence-corrected chi connectivity index (χ0v) is 12.0. The molecule has 0 unspecified atom stereocenters. The molecule has 0 saturated carbocycles. The van der Waals surface area contributed by atoms with Gasteiger partial charge in [-0.15, -0.1) is 0 Å². The number of nitrogens with one attached hydrogen (secondary N) is 1. The third-order valence-electron chi connectivity index (χ3n) is 4.12. The Morgan fingerprint density at radius 3 is 2.41 bits per heavy atom. The van der Waals surface area contributed by atoms with Crippen LogP contribution in [0.15, 0.2) is 54.6 Å². The second-order valence-corrected chi connectivity index (χ2v) is 5.49. The molecule has 0 aromatic heterocycles. The molecule has 112 valence electrons. The van der Waals surface area contributed by atoms with Crippen LogP contribution < -0.4 is 10.4 Å². The minimum Gasteiger partial charge on any atom is -0.550 e. The van der Waals surface area contributed by atoms with Crippen molar-refractivity contribution < 1.29 is 14.7 Å². The molecule has 0 fully saturated rings. The average molecular weight is 294 g/mol. The molecule has 0 saturated heterocycles. The van der Waals surface area contributed by atoms with Crippen molar-refractivity contribution in [3.8, 4) is 0 Å². The minimum absolute atomic E-state index is 0.269. The van der Waals surface area contributed by atoms with Crippen LogP contribution in [0.3, 0.4) is 0 Å². The summed E-state index contributed by atoms with van der Waals surface area (Å²) in [6, 6.07) is 13.4. The summed E-state index contributed by atoms with van der Waals surface area (Å²) in [7, 11) is 0. The Balaban J connectivity index is 1.86. The molecule has 0 heterocycles. The molecular weight excluding hydrogens is 278 g/mol. The van der Waals surface area contributed by atoms with Gasteiger partial charge in [-0.1, -0.05) is 48.6 Å². The monoisotopic (exact) mass is 294 g/mol. The van der Waals surface area contributed by atoms with Crippen molar-refractivity contribution in [2.75, 3.05) is 5.32 Å². The maximum absolute atomic E-state index is 12.5. The SMILES string of the molecule is O=C([O-])[C@@H]1CC=CC[C@H]1C(=O)Nc1cccc2ccccc12. The van der Waals surface area contributed by atoms with Gasteiger partial charge < -0.3 is 15.2 Å². The third kappa shape index (κ3) is 2.72. The highest BCUT2D eigenvalue weighted by Gasteiger charge is 2.29. The topological polar surface area (TPSA) is 69.2 Å². The van der Waals surface area contributed by atoms with Crippen molar-refractivity contribution in [1.82, 2.24) is 0 Å². The number of carbonyl (C=O) groups excluding carboxylic acids is 2. The van der Waals surface area contributed by atoms with Crippen molar-refractivity contribution >= 4 is 28.3 Å². The molecule has 2 aromatic carbocycles. The molecule has 1 amide bonds. The van der Waals surface area contributed by atoms with Gasteiger partial charge in [0.25, 0.3) is 0 Å². The van der Waals surface area contributed by atoms with Gasteiger partial charge in [0, 0.05) is 23.0 Å². The molecule has 1 aliphatic rings. The number of carboxylic acids is 1. The van der Waals surface area contributed by atoms with Gasteiger partial charge in [0.2, 0.25) is 5.91 Å². The second kappa shape index (κ2) is 6.02. The number of fused-ring (bicyclic) bond motifs is 1. The van der Waals surface area contributed by atoms with Gasteiger partial charge in [0.1, 0.15) is 0 Å². The molecular formula is C18H16NO3-. The number of aliphatic carboxylic acids is 1. The van der Waals surface area contributed by atoms with Crippen molar-refractivity contribution in [3.63, 3.8) is 0 Å². The first-order valence-electron chi connectivity index (χ1n) is 7.31. The molecule has 0 bridgehead atoms. The van der Waals surface area contributed by atoms with Crippen molar-refractivity contribution in [3.05, 3.63) is 54.6 Å². The first-order valence-corrected chi connectivity index (χ1v) is 7.31. The van der Waals surface area contributed by atoms with Crippen LogP contribution in [0, 0.1) is 11.8 Å². The smallest absolute Gasteiger partial charge is 0.228 e. The molecule has 2 aromatic rings. The summed E-state index contributed by atoms with van der Waals surface area (Å²) in [5.41, 5.74) is 0.703. The van der Waals surface area contributed by atoms with Crippen LogP contribution in [0.5, 0.6) is 0 Å². The first kappa shape index (κ1) is 14.3. The highest BCUT2D eigenvalue weighted by molar-refractivity contribution is 6.03. The van der Waals surface area contributed by atoms with Gasteiger partial charge in [-0.3, -0.25) is 4.79 Å². The molecule has 3 rings (SSSR count). The van der Waals surface area contributed by atoms with Gasteiger partial charge in [-0.05, 0) is 24.3 Å². The molecule has 0 aliphatic heterocycles. The summed E-state index contributed by atoms with van der Waals surface area (Å²) in [5, 5.41) is 16.1. The van der Waals surface area contributed by atoms with E-state index in [0.717, 1.165) is 10.8 Å². The van der Waals surface area contributed by atoms with Crippen molar-refractivity contribution in [2.45, 2.75) is 12.8 Å². The van der Waals surface area contributed by atoms with E-state index in [2.05, 4.69) is 5.32 Å². The van der Waals surface area contributed by atoms with Crippen LogP contribution in [0.1, 0.15) is 12.8 Å². The van der Waals surface area contributed by atoms with Crippen LogP contribution in [-0.4, -0.2) is 11.9 Å². The largest absolute Gasteiger partial charge is 0.550 e. The molecule has 1 aliphatic carbocycles. The van der Waals surface area contributed by atoms with Crippen LogP contribution in [0.2, 0.25) is 0 Å². The minimum atomic E-state index is -1.16. The zero-order chi connectivity index (χ0) is 15.5. The fraction of sp³-hybridized carbons (Fsp3) is 0.222. The van der Waals surface area contributed by atoms with Crippen LogP contribution >= 0.6 is 0 Å². The standard InChI is InChI=1S/C18H17NO3/c20-17(14-9-3-4-10-15(14)18(21)22)19-16-11-5-7-12-6-1-2-8-13(12)16/h1-8,11,14-15H,9-10H2,(H,19,20)(H,21,22)/p-1/t14-,15-/m1/s1. The Kier molecular flexibility index (Phi) is 3.92. The lowest BCUT2D eigenvalue weighted by Gasteiger charge is -2.28. The number of anilines is 1. The third-order valence-corrected chi connectivity index (χ3v) is 4.12. The van der Waals surface area contributed by atoms with E-state index in [9.17, 15) is 14.7 Å². The average Bonchev–Trinajstić information content (AvgIpc) is 2.55. The van der Waals surface area contributed by atoms with Gasteiger partial charge in [-0.2, -0.15) is 0 Å². The first-order chi connectivity index (χ1) is 10.7. The Hall–Kier alpha value is -2.62. The van der Waals surface area contributed by atoms with E-state index in [4.69, 9.17) is 0 Å². The number of rotatable bonds is 3. The molecule has 22 heavy (non-hydrogen) atoms. The molecule has 0 radical (unpaired) electrons. The van der Waals surface area contributed by atoms with E-state index < -0.39 is 17.8 Å². The Morgan fingerprint density at radius 2 is 1.64 bits per heavy atom. The van der Waals surface area contributed by atoms with Crippen molar-refractivity contribution in [1.29, 1.82) is 0 Å².